The standard InChI is InChI=1S/C27H24F3N7O5/c1-4-41-21(12-35-24-14-32-13-22(36-24)27(28,29)30)25(31)26(38)37-23-6-5-15(11-34-23)42-18-7-8-33-17-10-20(40-3)19(39-2)9-16(17)18/h5-14,31H,4H2,1-3H3,(H,35,36)(H,34,37,38)/b21-12+,31-25?. The van der Waals surface area contributed by atoms with E-state index in [-0.39, 0.29) is 24.0 Å². The van der Waals surface area contributed by atoms with E-state index in [1.807, 2.05) is 0 Å². The predicted octanol–water partition coefficient (Wildman–Crippen LogP) is 5.20. The molecule has 1 aromatic carbocycles. The number of halogens is 3. The zero-order valence-electron chi connectivity index (χ0n) is 22.4. The monoisotopic (exact) mass is 583 g/mol. The van der Waals surface area contributed by atoms with Crippen molar-refractivity contribution in [3.05, 3.63) is 72.8 Å². The van der Waals surface area contributed by atoms with Crippen molar-refractivity contribution in [2.75, 3.05) is 31.5 Å². The summed E-state index contributed by atoms with van der Waals surface area (Å²) in [7, 11) is 3.05. The normalized spacial score (nSPS) is 11.5. The van der Waals surface area contributed by atoms with Gasteiger partial charge in [0.2, 0.25) is 0 Å². The summed E-state index contributed by atoms with van der Waals surface area (Å²) in [5.41, 5.74) is -1.20. The SMILES string of the molecule is CCO/C(=C/Nc1cncc(C(F)(F)F)n1)C(=N)C(=O)Nc1ccc(Oc2ccnc3cc(OC)c(OC)cc23)cn1. The van der Waals surface area contributed by atoms with Crippen LogP contribution < -0.4 is 24.8 Å². The Morgan fingerprint density at radius 2 is 1.76 bits per heavy atom. The van der Waals surface area contributed by atoms with E-state index in [4.69, 9.17) is 24.4 Å². The molecule has 0 radical (unpaired) electrons. The lowest BCUT2D eigenvalue weighted by Crippen LogP contribution is -2.26. The van der Waals surface area contributed by atoms with Gasteiger partial charge in [0, 0.05) is 23.8 Å². The molecular weight excluding hydrogens is 559 g/mol. The van der Waals surface area contributed by atoms with Crippen molar-refractivity contribution >= 4 is 34.2 Å². The van der Waals surface area contributed by atoms with Gasteiger partial charge in [-0.1, -0.05) is 0 Å². The van der Waals surface area contributed by atoms with Gasteiger partial charge in [-0.25, -0.2) is 9.97 Å². The molecule has 4 rings (SSSR count). The molecule has 0 aliphatic carbocycles. The first-order chi connectivity index (χ1) is 20.1. The predicted molar refractivity (Wildman–Crippen MR) is 146 cm³/mol. The van der Waals surface area contributed by atoms with Crippen LogP contribution in [0.1, 0.15) is 12.6 Å². The van der Waals surface area contributed by atoms with Crippen LogP contribution in [-0.4, -0.2) is 52.4 Å². The van der Waals surface area contributed by atoms with Gasteiger partial charge in [0.25, 0.3) is 5.91 Å². The molecular formula is C27H24F3N7O5. The van der Waals surface area contributed by atoms with Crippen LogP contribution in [0.25, 0.3) is 10.9 Å². The van der Waals surface area contributed by atoms with E-state index < -0.39 is 23.5 Å². The molecule has 4 aromatic rings. The fourth-order valence-electron chi connectivity index (χ4n) is 3.52. The Kier molecular flexibility index (Phi) is 8.99. The maximum Gasteiger partial charge on any atom is 0.434 e. The number of anilines is 2. The molecule has 218 valence electrons. The molecule has 0 saturated heterocycles. The first-order valence-electron chi connectivity index (χ1n) is 12.2. The van der Waals surface area contributed by atoms with Gasteiger partial charge in [-0.05, 0) is 31.2 Å². The Morgan fingerprint density at radius 3 is 2.43 bits per heavy atom. The first-order valence-corrected chi connectivity index (χ1v) is 12.2. The van der Waals surface area contributed by atoms with Crippen molar-refractivity contribution in [3.63, 3.8) is 0 Å². The Balaban J connectivity index is 1.45. The molecule has 42 heavy (non-hydrogen) atoms. The lowest BCUT2D eigenvalue weighted by molar-refractivity contribution is -0.141. The third kappa shape index (κ3) is 6.99. The zero-order valence-corrected chi connectivity index (χ0v) is 22.4. The molecule has 0 fully saturated rings. The highest BCUT2D eigenvalue weighted by molar-refractivity contribution is 6.47. The second-order valence-corrected chi connectivity index (χ2v) is 8.22. The van der Waals surface area contributed by atoms with Gasteiger partial charge in [-0.2, -0.15) is 13.2 Å². The summed E-state index contributed by atoms with van der Waals surface area (Å²) in [6.45, 7) is 1.69. The van der Waals surface area contributed by atoms with Gasteiger partial charge in [-0.15, -0.1) is 0 Å². The number of nitrogens with one attached hydrogen (secondary N) is 3. The molecule has 0 aliphatic rings. The van der Waals surface area contributed by atoms with Gasteiger partial charge < -0.3 is 29.6 Å². The molecule has 1 amide bonds. The van der Waals surface area contributed by atoms with Crippen molar-refractivity contribution < 1.29 is 36.9 Å². The van der Waals surface area contributed by atoms with E-state index in [2.05, 4.69) is 30.6 Å². The quantitative estimate of drug-likeness (QED) is 0.159. The molecule has 3 heterocycles. The van der Waals surface area contributed by atoms with Gasteiger partial charge in [-0.3, -0.25) is 20.2 Å². The van der Waals surface area contributed by atoms with E-state index >= 15 is 0 Å². The van der Waals surface area contributed by atoms with Crippen molar-refractivity contribution in [3.8, 4) is 23.0 Å². The molecule has 0 atom stereocenters. The fraction of sp³-hybridized carbons (Fsp3) is 0.185. The highest BCUT2D eigenvalue weighted by atomic mass is 19.4. The Morgan fingerprint density at radius 1 is 1.00 bits per heavy atom. The van der Waals surface area contributed by atoms with Crippen molar-refractivity contribution in [2.24, 2.45) is 0 Å². The van der Waals surface area contributed by atoms with Crippen LogP contribution in [0.15, 0.2) is 67.1 Å². The third-order valence-electron chi connectivity index (χ3n) is 5.46. The minimum Gasteiger partial charge on any atom is -0.493 e. The number of rotatable bonds is 11. The third-order valence-corrected chi connectivity index (χ3v) is 5.46. The smallest absolute Gasteiger partial charge is 0.434 e. The molecule has 15 heteroatoms. The molecule has 0 bridgehead atoms. The van der Waals surface area contributed by atoms with Crippen molar-refractivity contribution in [1.82, 2.24) is 19.9 Å². The summed E-state index contributed by atoms with van der Waals surface area (Å²) in [6, 6.07) is 8.16. The highest BCUT2D eigenvalue weighted by Gasteiger charge is 2.33. The van der Waals surface area contributed by atoms with Crippen molar-refractivity contribution in [2.45, 2.75) is 13.1 Å². The minimum absolute atomic E-state index is 0.0735. The largest absolute Gasteiger partial charge is 0.493 e. The Labute approximate surface area is 237 Å². The second-order valence-electron chi connectivity index (χ2n) is 8.22. The van der Waals surface area contributed by atoms with E-state index in [0.717, 1.165) is 12.4 Å². The minimum atomic E-state index is -4.69. The molecule has 3 N–H and O–H groups in total. The maximum atomic E-state index is 12.9. The number of fused-ring (bicyclic) bond motifs is 1. The van der Waals surface area contributed by atoms with Crippen LogP contribution in [0, 0.1) is 5.41 Å². The number of carbonyl (C=O) groups is 1. The number of pyridine rings is 2. The van der Waals surface area contributed by atoms with Crippen LogP contribution in [0.4, 0.5) is 24.8 Å². The van der Waals surface area contributed by atoms with Crippen LogP contribution in [0.2, 0.25) is 0 Å². The molecule has 0 spiro atoms. The number of aromatic nitrogens is 4. The van der Waals surface area contributed by atoms with Gasteiger partial charge in [0.1, 0.15) is 23.1 Å². The summed E-state index contributed by atoms with van der Waals surface area (Å²) in [5.74, 6) is 0.573. The number of alkyl halides is 3. The lowest BCUT2D eigenvalue weighted by atomic mass is 10.2. The molecule has 12 nitrogen and oxygen atoms in total. The van der Waals surface area contributed by atoms with Crippen LogP contribution in [-0.2, 0) is 15.7 Å². The number of carbonyl (C=O) groups excluding carboxylic acids is 1. The van der Waals surface area contributed by atoms with Gasteiger partial charge in [0.05, 0.1) is 44.9 Å². The number of amides is 1. The Bertz CT molecular complexity index is 1630. The molecule has 0 saturated carbocycles. The molecule has 3 aromatic heterocycles. The van der Waals surface area contributed by atoms with E-state index in [1.165, 1.54) is 26.5 Å². The number of benzene rings is 1. The lowest BCUT2D eigenvalue weighted by Gasteiger charge is -2.13. The number of methoxy groups -OCH3 is 2. The van der Waals surface area contributed by atoms with Gasteiger partial charge in [0.15, 0.2) is 28.7 Å². The van der Waals surface area contributed by atoms with Crippen LogP contribution >= 0.6 is 0 Å². The number of hydrogen-bond donors (Lipinski definition) is 3. The van der Waals surface area contributed by atoms with Crippen molar-refractivity contribution in [1.29, 1.82) is 5.41 Å². The molecule has 0 unspecified atom stereocenters. The van der Waals surface area contributed by atoms with Crippen LogP contribution in [0.3, 0.4) is 0 Å². The molecule has 0 aliphatic heterocycles. The zero-order chi connectivity index (χ0) is 30.3. The average Bonchev–Trinajstić information content (AvgIpc) is 2.99. The number of nitrogens with zero attached hydrogens (tertiary/aromatic N) is 4. The topological polar surface area (TPSA) is 153 Å². The Hall–Kier alpha value is -5.47. The summed E-state index contributed by atoms with van der Waals surface area (Å²) >= 11 is 0. The summed E-state index contributed by atoms with van der Waals surface area (Å²) in [4.78, 5) is 28.1. The first kappa shape index (κ1) is 29.5. The summed E-state index contributed by atoms with van der Waals surface area (Å²) in [5, 5.41) is 13.8. The van der Waals surface area contributed by atoms with E-state index in [1.54, 1.807) is 37.4 Å². The summed E-state index contributed by atoms with van der Waals surface area (Å²) < 4.78 is 60.7. The van der Waals surface area contributed by atoms with E-state index in [9.17, 15) is 18.0 Å². The second kappa shape index (κ2) is 12.8. The summed E-state index contributed by atoms with van der Waals surface area (Å²) in [6.07, 6.45) is 0.933. The average molecular weight is 584 g/mol. The van der Waals surface area contributed by atoms with Gasteiger partial charge >= 0.3 is 6.18 Å². The van der Waals surface area contributed by atoms with E-state index in [0.29, 0.717) is 40.1 Å². The number of hydrogen-bond acceptors (Lipinski definition) is 11. The number of ether oxygens (including phenoxy) is 4. The maximum absolute atomic E-state index is 12.9. The highest BCUT2D eigenvalue weighted by Crippen LogP contribution is 2.36. The van der Waals surface area contributed by atoms with Crippen LogP contribution in [0.5, 0.6) is 23.0 Å². The fourth-order valence-corrected chi connectivity index (χ4v) is 3.52.